The predicted octanol–water partition coefficient (Wildman–Crippen LogP) is 4.11. The summed E-state index contributed by atoms with van der Waals surface area (Å²) in [5, 5.41) is 8.16. The Labute approximate surface area is 212 Å². The van der Waals surface area contributed by atoms with Gasteiger partial charge >= 0.3 is 0 Å². The molecule has 6 rings (SSSR count). The number of carbonyl (C=O) groups excluding carboxylic acids is 1. The van der Waals surface area contributed by atoms with Crippen LogP contribution in [-0.4, -0.2) is 46.9 Å². The van der Waals surface area contributed by atoms with Crippen LogP contribution in [0.25, 0.3) is 0 Å². The zero-order valence-electron chi connectivity index (χ0n) is 21.0. The maximum Gasteiger partial charge on any atom is 0.272 e. The average molecular weight is 487 g/mol. The number of ether oxygens (including phenoxy) is 2. The second-order valence-electron chi connectivity index (χ2n) is 10.2. The summed E-state index contributed by atoms with van der Waals surface area (Å²) in [5.41, 5.74) is 6.60. The van der Waals surface area contributed by atoms with Gasteiger partial charge in [0, 0.05) is 49.8 Å². The van der Waals surface area contributed by atoms with E-state index in [0.717, 1.165) is 74.6 Å². The number of hydrogen-bond donors (Lipinski definition) is 1. The first kappa shape index (κ1) is 23.1. The van der Waals surface area contributed by atoms with E-state index >= 15 is 0 Å². The van der Waals surface area contributed by atoms with Crippen molar-refractivity contribution < 1.29 is 14.3 Å². The van der Waals surface area contributed by atoms with E-state index in [0.29, 0.717) is 12.2 Å². The molecule has 1 fully saturated rings. The number of carbonyl (C=O) groups is 1. The van der Waals surface area contributed by atoms with Crippen molar-refractivity contribution in [1.82, 2.24) is 20.0 Å². The second-order valence-corrected chi connectivity index (χ2v) is 10.2. The molecule has 7 nitrogen and oxygen atoms in total. The molecular formula is C29H34N4O3. The highest BCUT2D eigenvalue weighted by Gasteiger charge is 2.30. The molecule has 0 atom stereocenters. The summed E-state index contributed by atoms with van der Waals surface area (Å²) in [6, 6.07) is 14.9. The van der Waals surface area contributed by atoms with Gasteiger partial charge in [-0.2, -0.15) is 5.10 Å². The molecule has 2 aromatic carbocycles. The molecule has 1 N–H and O–H groups in total. The Hall–Kier alpha value is -3.32. The van der Waals surface area contributed by atoms with Gasteiger partial charge in [-0.05, 0) is 47.7 Å². The highest BCUT2D eigenvalue weighted by molar-refractivity contribution is 5.94. The minimum Gasteiger partial charge on any atom is -0.497 e. The monoisotopic (exact) mass is 486 g/mol. The van der Waals surface area contributed by atoms with E-state index in [-0.39, 0.29) is 11.9 Å². The molecule has 0 bridgehead atoms. The third kappa shape index (κ3) is 4.72. The lowest BCUT2D eigenvalue weighted by atomic mass is 10.0. The maximum absolute atomic E-state index is 13.4. The highest BCUT2D eigenvalue weighted by Crippen LogP contribution is 2.29. The smallest absolute Gasteiger partial charge is 0.272 e. The van der Waals surface area contributed by atoms with Crippen LogP contribution in [0.5, 0.6) is 11.5 Å². The van der Waals surface area contributed by atoms with Crippen molar-refractivity contribution in [3.63, 3.8) is 0 Å². The van der Waals surface area contributed by atoms with Crippen LogP contribution in [0, 0.1) is 0 Å². The molecule has 3 aliphatic rings. The van der Waals surface area contributed by atoms with Gasteiger partial charge in [-0.1, -0.05) is 37.1 Å². The largest absolute Gasteiger partial charge is 0.497 e. The van der Waals surface area contributed by atoms with Crippen LogP contribution in [0.2, 0.25) is 0 Å². The van der Waals surface area contributed by atoms with Gasteiger partial charge in [0.1, 0.15) is 11.5 Å². The predicted molar refractivity (Wildman–Crippen MR) is 138 cm³/mol. The van der Waals surface area contributed by atoms with E-state index in [9.17, 15) is 4.79 Å². The van der Waals surface area contributed by atoms with Crippen LogP contribution in [0.3, 0.4) is 0 Å². The Bertz CT molecular complexity index is 1240. The summed E-state index contributed by atoms with van der Waals surface area (Å²) < 4.78 is 13.0. The highest BCUT2D eigenvalue weighted by atomic mass is 16.5. The first-order valence-corrected chi connectivity index (χ1v) is 13.2. The lowest BCUT2D eigenvalue weighted by molar-refractivity contribution is 0.0929. The summed E-state index contributed by atoms with van der Waals surface area (Å²) in [5.74, 6) is 1.83. The number of aromatic nitrogens is 2. The topological polar surface area (TPSA) is 68.6 Å². The normalized spacial score (nSPS) is 17.5. The fourth-order valence-corrected chi connectivity index (χ4v) is 5.82. The van der Waals surface area contributed by atoms with Crippen molar-refractivity contribution >= 4 is 5.91 Å². The minimum atomic E-state index is -0.0249. The van der Waals surface area contributed by atoms with E-state index < -0.39 is 0 Å². The van der Waals surface area contributed by atoms with Gasteiger partial charge in [0.2, 0.25) is 0 Å². The molecule has 3 aromatic rings. The van der Waals surface area contributed by atoms with Crippen molar-refractivity contribution in [1.29, 1.82) is 0 Å². The van der Waals surface area contributed by atoms with Gasteiger partial charge in [0.25, 0.3) is 5.91 Å². The Balaban J connectivity index is 1.25. The molecule has 1 aliphatic carbocycles. The van der Waals surface area contributed by atoms with E-state index in [1.54, 1.807) is 7.11 Å². The lowest BCUT2D eigenvalue weighted by Gasteiger charge is -2.28. The van der Waals surface area contributed by atoms with Crippen LogP contribution in [0.15, 0.2) is 42.5 Å². The molecule has 3 heterocycles. The van der Waals surface area contributed by atoms with Gasteiger partial charge in [-0.15, -0.1) is 0 Å². The summed E-state index contributed by atoms with van der Waals surface area (Å²) in [4.78, 5) is 15.8. The number of amides is 1. The second kappa shape index (κ2) is 9.97. The number of methoxy groups -OCH3 is 1. The molecule has 1 amide bonds. The van der Waals surface area contributed by atoms with Crippen molar-refractivity contribution in [3.05, 3.63) is 76.1 Å². The molecular weight excluding hydrogens is 452 g/mol. The molecule has 188 valence electrons. The van der Waals surface area contributed by atoms with Gasteiger partial charge in [0.05, 0.1) is 20.3 Å². The van der Waals surface area contributed by atoms with Crippen molar-refractivity contribution in [2.75, 3.05) is 20.3 Å². The molecule has 1 saturated carbocycles. The number of nitrogens with zero attached hydrogens (tertiary/aromatic N) is 3. The summed E-state index contributed by atoms with van der Waals surface area (Å²) in [6.07, 6.45) is 6.37. The van der Waals surface area contributed by atoms with E-state index in [1.165, 1.54) is 29.7 Å². The maximum atomic E-state index is 13.4. The zero-order valence-corrected chi connectivity index (χ0v) is 21.0. The lowest BCUT2D eigenvalue weighted by Crippen LogP contribution is -2.35. The van der Waals surface area contributed by atoms with Crippen molar-refractivity contribution in [2.24, 2.45) is 0 Å². The third-order valence-electron chi connectivity index (χ3n) is 7.77. The molecule has 0 spiro atoms. The van der Waals surface area contributed by atoms with Gasteiger partial charge in [-0.25, -0.2) is 0 Å². The van der Waals surface area contributed by atoms with Crippen molar-refractivity contribution in [3.8, 4) is 11.5 Å². The van der Waals surface area contributed by atoms with Crippen LogP contribution in [0.4, 0.5) is 0 Å². The first-order chi connectivity index (χ1) is 17.7. The molecule has 2 aliphatic heterocycles. The Morgan fingerprint density at radius 1 is 1.08 bits per heavy atom. The summed E-state index contributed by atoms with van der Waals surface area (Å²) in [7, 11) is 1.68. The number of nitrogens with one attached hydrogen (secondary N) is 1. The van der Waals surface area contributed by atoms with Gasteiger partial charge in [-0.3, -0.25) is 14.4 Å². The van der Waals surface area contributed by atoms with Crippen molar-refractivity contribution in [2.45, 2.75) is 64.2 Å². The SMILES string of the molecule is COc1ccc(Cn2nc(C(=O)NC3CCCC3)c3c2CCN(Cc2ccc4c(c2)CCO4)C3)cc1. The van der Waals surface area contributed by atoms with E-state index in [4.69, 9.17) is 14.6 Å². The van der Waals surface area contributed by atoms with Crippen LogP contribution >= 0.6 is 0 Å². The number of benzene rings is 2. The summed E-state index contributed by atoms with van der Waals surface area (Å²) in [6.45, 7) is 3.96. The quantitative estimate of drug-likeness (QED) is 0.545. The third-order valence-corrected chi connectivity index (χ3v) is 7.77. The Kier molecular flexibility index (Phi) is 6.40. The van der Waals surface area contributed by atoms with Crippen LogP contribution < -0.4 is 14.8 Å². The van der Waals surface area contributed by atoms with E-state index in [2.05, 4.69) is 40.5 Å². The minimum absolute atomic E-state index is 0.0249. The number of rotatable bonds is 7. The fraction of sp³-hybridized carbons (Fsp3) is 0.448. The van der Waals surface area contributed by atoms with Crippen LogP contribution in [0.1, 0.15) is 64.1 Å². The molecule has 1 aromatic heterocycles. The Morgan fingerprint density at radius 3 is 2.69 bits per heavy atom. The van der Waals surface area contributed by atoms with Gasteiger partial charge in [0.15, 0.2) is 5.69 Å². The van der Waals surface area contributed by atoms with Gasteiger partial charge < -0.3 is 14.8 Å². The molecule has 7 heteroatoms. The molecule has 36 heavy (non-hydrogen) atoms. The zero-order chi connectivity index (χ0) is 24.5. The molecule has 0 unspecified atom stereocenters. The molecule has 0 saturated heterocycles. The Morgan fingerprint density at radius 2 is 1.89 bits per heavy atom. The summed E-state index contributed by atoms with van der Waals surface area (Å²) >= 11 is 0. The van der Waals surface area contributed by atoms with E-state index in [1.807, 2.05) is 16.8 Å². The first-order valence-electron chi connectivity index (χ1n) is 13.2. The van der Waals surface area contributed by atoms with Crippen LogP contribution in [-0.2, 0) is 32.5 Å². The average Bonchev–Trinajstić information content (AvgIpc) is 3.65. The fourth-order valence-electron chi connectivity index (χ4n) is 5.82. The number of fused-ring (bicyclic) bond motifs is 2. The molecule has 0 radical (unpaired) electrons. The number of hydrogen-bond acceptors (Lipinski definition) is 5. The standard InChI is InChI=1S/C29H34N4O3/c1-35-24-9-6-20(7-10-24)18-33-26-12-14-32(17-21-8-11-27-22(16-21)13-15-36-27)19-25(26)28(31-33)29(34)30-23-4-2-3-5-23/h6-11,16,23H,2-5,12-15,17-19H2,1H3,(H,30,34).